The van der Waals surface area contributed by atoms with E-state index in [4.69, 9.17) is 47.5 Å². The molecule has 3 aliphatic rings. The maximum absolute atomic E-state index is 11.9. The number of urea groups is 3. The predicted molar refractivity (Wildman–Crippen MR) is 243 cm³/mol. The van der Waals surface area contributed by atoms with Crippen molar-refractivity contribution < 1.29 is 72.3 Å². The molecule has 0 aromatic heterocycles. The van der Waals surface area contributed by atoms with Crippen molar-refractivity contribution in [3.8, 4) is 0 Å². The van der Waals surface area contributed by atoms with Gasteiger partial charge in [-0.2, -0.15) is 0 Å². The van der Waals surface area contributed by atoms with Gasteiger partial charge >= 0.3 is 47.9 Å². The molecule has 24 heteroatoms. The minimum Gasteiger partial charge on any atom is -0.466 e. The standard InChI is InChI=1S/C12H20N2O4.C8H12N2O3.C8H10O3.C4H8N2O2.C4H8O2.C3H10N2O.C2H5Cl/c1-5-13-6-10(18-11(15)9(2)3)7-14(8-17-4)12(13)16;1-5(2)7(11)13-6-3-9-8(12)10-4-6;1-5(2)7(9)11-8(10)6(3)4;7-3-1-5-4(8)6-2-3;1-3-6-4(2)5;4-1-3(6)2-5;1-2-3/h10H,2,5-8H2,1,3-4H3;6H,1,3-4H2,2H3,(H2,9,10,12);1,3H2,2,4H3;3,7H,1-2H2,(H2,5,6,8);3H2,1-2H3;3,6H,1-2,4-5H2;2H2,1H3. The van der Waals surface area contributed by atoms with Crippen LogP contribution >= 0.6 is 11.6 Å². The van der Waals surface area contributed by atoms with Gasteiger partial charge in [0.05, 0.1) is 45.0 Å². The monoisotopic (exact) mass is 952 g/mol. The molecule has 0 aliphatic carbocycles. The van der Waals surface area contributed by atoms with E-state index < -0.39 is 36.1 Å². The van der Waals surface area contributed by atoms with Crippen molar-refractivity contribution in [3.63, 3.8) is 0 Å². The Morgan fingerprint density at radius 2 is 1.08 bits per heavy atom. The van der Waals surface area contributed by atoms with Gasteiger partial charge in [0.1, 0.15) is 18.9 Å². The lowest BCUT2D eigenvalue weighted by Gasteiger charge is -2.38. The van der Waals surface area contributed by atoms with E-state index in [9.17, 15) is 38.4 Å². The number of aliphatic hydroxyl groups excluding tert-OH is 2. The number of β-amino-alcohol motifs (C(OH)–C–C–N with tert-alkyl or cyclic N) is 1. The number of rotatable bonds is 12. The maximum Gasteiger partial charge on any atom is 0.340 e. The lowest BCUT2D eigenvalue weighted by atomic mass is 10.2. The summed E-state index contributed by atoms with van der Waals surface area (Å²) < 4.78 is 23.9. The number of nitrogens with two attached hydrogens (primary N) is 2. The molecule has 0 aromatic rings. The van der Waals surface area contributed by atoms with Gasteiger partial charge in [-0.25, -0.2) is 33.6 Å². The third-order valence-corrected chi connectivity index (χ3v) is 7.05. The van der Waals surface area contributed by atoms with Crippen LogP contribution in [-0.4, -0.2) is 178 Å². The average Bonchev–Trinajstić information content (AvgIpc) is 3.24. The van der Waals surface area contributed by atoms with Gasteiger partial charge in [0.25, 0.3) is 0 Å². The number of ether oxygens (including phenoxy) is 5. The number of nitrogens with one attached hydrogen (secondary N) is 4. The summed E-state index contributed by atoms with van der Waals surface area (Å²) in [6.45, 7) is 30.6. The van der Waals surface area contributed by atoms with Gasteiger partial charge in [-0.05, 0) is 41.5 Å². The first-order valence-electron chi connectivity index (χ1n) is 20.1. The van der Waals surface area contributed by atoms with Crippen LogP contribution in [0.2, 0.25) is 0 Å². The summed E-state index contributed by atoms with van der Waals surface area (Å²) in [6, 6.07) is -0.528. The van der Waals surface area contributed by atoms with E-state index in [0.29, 0.717) is 63.6 Å². The molecule has 0 bridgehead atoms. The second-order valence-electron chi connectivity index (χ2n) is 13.5. The zero-order valence-corrected chi connectivity index (χ0v) is 40.0. The largest absolute Gasteiger partial charge is 0.466 e. The third kappa shape index (κ3) is 37.5. The van der Waals surface area contributed by atoms with Crippen molar-refractivity contribution in [2.45, 2.75) is 79.8 Å². The van der Waals surface area contributed by atoms with E-state index in [-0.39, 0.29) is 67.2 Å². The number of aliphatic hydroxyl groups is 2. The molecule has 3 rings (SSSR count). The highest BCUT2D eigenvalue weighted by Gasteiger charge is 2.33. The summed E-state index contributed by atoms with van der Waals surface area (Å²) in [5.74, 6) is -1.76. The van der Waals surface area contributed by atoms with Crippen molar-refractivity contribution >= 4 is 59.5 Å². The Kier molecular flexibility index (Phi) is 40.6. The molecule has 0 spiro atoms. The second kappa shape index (κ2) is 40.0. The van der Waals surface area contributed by atoms with Crippen LogP contribution in [0.15, 0.2) is 48.6 Å². The fourth-order valence-electron chi connectivity index (χ4n) is 3.76. The Morgan fingerprint density at radius 3 is 1.35 bits per heavy atom. The fraction of sp³-hybridized carbons (Fsp3) is 0.610. The molecule has 10 N–H and O–H groups in total. The van der Waals surface area contributed by atoms with Gasteiger partial charge in [0.15, 0.2) is 0 Å². The third-order valence-electron chi connectivity index (χ3n) is 7.05. The molecule has 3 heterocycles. The van der Waals surface area contributed by atoms with Gasteiger partial charge in [-0.3, -0.25) is 9.69 Å². The number of alkyl halides is 1. The van der Waals surface area contributed by atoms with Gasteiger partial charge in [-0.15, -0.1) is 11.6 Å². The number of likely N-dealkylation sites (N-methyl/N-ethyl adjacent to an activating group) is 1. The highest BCUT2D eigenvalue weighted by atomic mass is 35.5. The Hall–Kier alpha value is -5.59. The molecule has 0 radical (unpaired) electrons. The average molecular weight is 954 g/mol. The molecule has 1 unspecified atom stereocenters. The number of methoxy groups -OCH3 is 1. The zero-order valence-electron chi connectivity index (χ0n) is 39.3. The number of esters is 5. The number of nitrogens with zero attached hydrogens (tertiary/aromatic N) is 2. The van der Waals surface area contributed by atoms with Crippen LogP contribution < -0.4 is 32.7 Å². The van der Waals surface area contributed by atoms with E-state index in [1.165, 1.54) is 32.8 Å². The van der Waals surface area contributed by atoms with Crippen molar-refractivity contribution in [2.75, 3.05) is 85.2 Å². The van der Waals surface area contributed by atoms with E-state index in [1.807, 2.05) is 13.8 Å². The molecule has 1 atom stereocenters. The second-order valence-corrected chi connectivity index (χ2v) is 14.0. The van der Waals surface area contributed by atoms with Crippen LogP contribution in [0.5, 0.6) is 0 Å². The SMILES string of the molecule is C=C(C)C(=O)OC(=O)C(=C)C.C=C(C)C(=O)OC1CN(CC)C(=O)N(COC)C1.C=C(C)C(=O)OC1CNC(=O)NC1.CCCl.CCOC(C)=O.NCC(O)CN.O=C1NCC(O)CN1. The summed E-state index contributed by atoms with van der Waals surface area (Å²) in [4.78, 5) is 89.7. The maximum atomic E-state index is 11.9. The van der Waals surface area contributed by atoms with Gasteiger partial charge < -0.3 is 71.5 Å². The molecule has 0 aromatic carbocycles. The fourth-order valence-corrected chi connectivity index (χ4v) is 3.76. The predicted octanol–water partition coefficient (Wildman–Crippen LogP) is 0.571. The van der Waals surface area contributed by atoms with Crippen LogP contribution in [-0.2, 0) is 47.7 Å². The van der Waals surface area contributed by atoms with Crippen molar-refractivity contribution in [3.05, 3.63) is 48.6 Å². The van der Waals surface area contributed by atoms with Crippen LogP contribution in [0.1, 0.15) is 55.4 Å². The molecule has 6 amide bonds. The lowest BCUT2D eigenvalue weighted by molar-refractivity contribution is -0.154. The summed E-state index contributed by atoms with van der Waals surface area (Å²) in [6.07, 6.45) is -1.58. The highest BCUT2D eigenvalue weighted by molar-refractivity contribution is 6.17. The molecule has 3 fully saturated rings. The Labute approximate surface area is 387 Å². The lowest BCUT2D eigenvalue weighted by Crippen LogP contribution is -2.56. The van der Waals surface area contributed by atoms with Crippen LogP contribution in [0, 0.1) is 0 Å². The first-order valence-corrected chi connectivity index (χ1v) is 20.7. The molecule has 3 aliphatic heterocycles. The normalized spacial score (nSPS) is 15.0. The minimum atomic E-state index is -0.710. The Balaban J connectivity index is -0.000000354. The Morgan fingerprint density at radius 1 is 0.708 bits per heavy atom. The van der Waals surface area contributed by atoms with Crippen molar-refractivity contribution in [1.82, 2.24) is 31.1 Å². The molecule has 0 saturated carbocycles. The molecule has 3 saturated heterocycles. The van der Waals surface area contributed by atoms with Gasteiger partial charge in [0, 0.05) is 74.9 Å². The van der Waals surface area contributed by atoms with Gasteiger partial charge in [0.2, 0.25) is 0 Å². The van der Waals surface area contributed by atoms with Crippen LogP contribution in [0.4, 0.5) is 14.4 Å². The zero-order chi connectivity index (χ0) is 51.2. The number of carbonyl (C=O) groups excluding carboxylic acids is 8. The number of halogens is 1. The van der Waals surface area contributed by atoms with E-state index >= 15 is 0 Å². The van der Waals surface area contributed by atoms with E-state index in [1.54, 1.807) is 25.7 Å². The smallest absolute Gasteiger partial charge is 0.340 e. The van der Waals surface area contributed by atoms with Crippen LogP contribution in [0.25, 0.3) is 0 Å². The Bertz CT molecular complexity index is 1500. The number of hydrogen-bond donors (Lipinski definition) is 8. The molecule has 23 nitrogen and oxygen atoms in total. The minimum absolute atomic E-state index is 0.0954. The summed E-state index contributed by atoms with van der Waals surface area (Å²) in [5, 5.41) is 27.1. The molecular weight excluding hydrogens is 880 g/mol. The summed E-state index contributed by atoms with van der Waals surface area (Å²) >= 11 is 5.00. The number of carbonyl (C=O) groups is 8. The molecule has 65 heavy (non-hydrogen) atoms. The quantitative estimate of drug-likeness (QED) is 0.0436. The van der Waals surface area contributed by atoms with Gasteiger partial charge in [-0.1, -0.05) is 33.2 Å². The molecular formula is C41H73ClN8O15. The van der Waals surface area contributed by atoms with Crippen LogP contribution in [0.3, 0.4) is 0 Å². The van der Waals surface area contributed by atoms with Crippen molar-refractivity contribution in [1.29, 1.82) is 0 Å². The highest BCUT2D eigenvalue weighted by Crippen LogP contribution is 2.13. The molecule has 374 valence electrons. The summed E-state index contributed by atoms with van der Waals surface area (Å²) in [5.41, 5.74) is 11.0. The first kappa shape index (κ1) is 66.0. The number of hydrogen-bond acceptors (Lipinski definition) is 17. The summed E-state index contributed by atoms with van der Waals surface area (Å²) in [7, 11) is 1.52. The van der Waals surface area contributed by atoms with E-state index in [0.717, 1.165) is 5.88 Å². The first-order chi connectivity index (χ1) is 30.3. The topological polar surface area (TPSA) is 330 Å². The number of amides is 6. The van der Waals surface area contributed by atoms with Crippen molar-refractivity contribution in [2.24, 2.45) is 11.5 Å². The van der Waals surface area contributed by atoms with E-state index in [2.05, 4.69) is 57.1 Å².